The van der Waals surface area contributed by atoms with E-state index in [-0.39, 0.29) is 0 Å². The molecule has 2 rings (SSSR count). The molecule has 2 atom stereocenters. The van der Waals surface area contributed by atoms with E-state index in [1.807, 2.05) is 0 Å². The zero-order chi connectivity index (χ0) is 10.8. The highest BCUT2D eigenvalue weighted by Gasteiger charge is 2.24. The maximum Gasteiger partial charge on any atom is 0.0934 e. The monoisotopic (exact) mass is 263 g/mol. The molecule has 2 nitrogen and oxygen atoms in total. The second kappa shape index (κ2) is 4.95. The van der Waals surface area contributed by atoms with Gasteiger partial charge in [-0.25, -0.2) is 0 Å². The van der Waals surface area contributed by atoms with Crippen LogP contribution in [0.3, 0.4) is 0 Å². The van der Waals surface area contributed by atoms with Gasteiger partial charge in [0, 0.05) is 40.3 Å². The molecule has 0 saturated heterocycles. The van der Waals surface area contributed by atoms with Gasteiger partial charge in [-0.3, -0.25) is 4.21 Å². The minimum absolute atomic E-state index is 0.423. The first-order valence-electron chi connectivity index (χ1n) is 4.98. The average molecular weight is 264 g/mol. The first kappa shape index (κ1) is 11.6. The number of fused-ring (bicyclic) bond motifs is 1. The molecule has 0 aromatic carbocycles. The van der Waals surface area contributed by atoms with E-state index >= 15 is 0 Å². The molecule has 0 spiro atoms. The molecule has 1 aliphatic carbocycles. The average Bonchev–Trinajstić information content (AvgIpc) is 2.65. The summed E-state index contributed by atoms with van der Waals surface area (Å²) in [6.07, 6.45) is 4.01. The van der Waals surface area contributed by atoms with Crippen molar-refractivity contribution in [3.63, 3.8) is 0 Å². The van der Waals surface area contributed by atoms with Gasteiger partial charge in [0.15, 0.2) is 0 Å². The molecule has 1 aromatic rings. The van der Waals surface area contributed by atoms with E-state index in [2.05, 4.69) is 11.4 Å². The summed E-state index contributed by atoms with van der Waals surface area (Å²) in [5.41, 5.74) is 1.35. The molecule has 15 heavy (non-hydrogen) atoms. The van der Waals surface area contributed by atoms with Crippen LogP contribution < -0.4 is 5.32 Å². The molecule has 84 valence electrons. The predicted molar refractivity (Wildman–Crippen MR) is 67.3 cm³/mol. The van der Waals surface area contributed by atoms with E-state index in [1.54, 1.807) is 17.6 Å². The highest BCUT2D eigenvalue weighted by Crippen LogP contribution is 2.39. The fourth-order valence-electron chi connectivity index (χ4n) is 1.92. The van der Waals surface area contributed by atoms with Crippen LogP contribution in [0.1, 0.15) is 22.9 Å². The Balaban J connectivity index is 1.92. The quantitative estimate of drug-likeness (QED) is 0.904. The summed E-state index contributed by atoms with van der Waals surface area (Å²) in [4.78, 5) is 1.41. The zero-order valence-electron chi connectivity index (χ0n) is 8.59. The van der Waals surface area contributed by atoms with Crippen molar-refractivity contribution < 1.29 is 4.21 Å². The molecule has 1 aromatic heterocycles. The van der Waals surface area contributed by atoms with Gasteiger partial charge in [0.1, 0.15) is 0 Å². The Labute approximate surface area is 101 Å². The van der Waals surface area contributed by atoms with Gasteiger partial charge in [-0.1, -0.05) is 11.6 Å². The van der Waals surface area contributed by atoms with E-state index in [0.29, 0.717) is 6.04 Å². The van der Waals surface area contributed by atoms with E-state index in [0.717, 1.165) is 29.5 Å². The molecule has 0 aliphatic heterocycles. The number of thiophene rings is 1. The van der Waals surface area contributed by atoms with E-state index in [9.17, 15) is 4.21 Å². The number of aryl methyl sites for hydroxylation is 1. The third-order valence-electron chi connectivity index (χ3n) is 2.63. The van der Waals surface area contributed by atoms with Crippen molar-refractivity contribution in [1.29, 1.82) is 0 Å². The summed E-state index contributed by atoms with van der Waals surface area (Å²) in [5, 5.41) is 3.44. The Morgan fingerprint density at radius 3 is 3.27 bits per heavy atom. The fourth-order valence-corrected chi connectivity index (χ4v) is 3.68. The molecule has 0 fully saturated rings. The first-order chi connectivity index (χ1) is 7.16. The fraction of sp³-hybridized carbons (Fsp3) is 0.600. The molecule has 0 bridgehead atoms. The molecule has 1 N–H and O–H groups in total. The first-order valence-corrected chi connectivity index (χ1v) is 7.90. The molecule has 0 saturated carbocycles. The summed E-state index contributed by atoms with van der Waals surface area (Å²) in [5.74, 6) is 0.726. The van der Waals surface area contributed by atoms with Gasteiger partial charge >= 0.3 is 0 Å². The van der Waals surface area contributed by atoms with Crippen LogP contribution in [0.4, 0.5) is 0 Å². The normalized spacial score (nSPS) is 21.6. The van der Waals surface area contributed by atoms with Crippen molar-refractivity contribution in [3.8, 4) is 0 Å². The molecule has 1 heterocycles. The van der Waals surface area contributed by atoms with Crippen LogP contribution in [0.2, 0.25) is 4.34 Å². The van der Waals surface area contributed by atoms with Crippen molar-refractivity contribution in [2.45, 2.75) is 18.9 Å². The molecular weight excluding hydrogens is 250 g/mol. The van der Waals surface area contributed by atoms with E-state index < -0.39 is 10.8 Å². The third-order valence-corrected chi connectivity index (χ3v) is 4.75. The predicted octanol–water partition coefficient (Wildman–Crippen LogP) is 2.36. The highest BCUT2D eigenvalue weighted by molar-refractivity contribution is 7.84. The maximum absolute atomic E-state index is 10.9. The molecule has 1 aliphatic rings. The SMILES string of the molecule is CS(=O)CCNC1CCc2sc(Cl)cc21. The molecule has 5 heteroatoms. The Bertz CT molecular complexity index is 377. The maximum atomic E-state index is 10.9. The zero-order valence-corrected chi connectivity index (χ0v) is 11.0. The standard InChI is InChI=1S/C10H14ClNOS2/c1-15(13)5-4-12-8-2-3-9-7(8)6-10(11)14-9/h6,8,12H,2-5H2,1H3. The molecule has 0 radical (unpaired) electrons. The van der Waals surface area contributed by atoms with Gasteiger partial charge in [-0.05, 0) is 24.5 Å². The van der Waals surface area contributed by atoms with E-state index in [1.165, 1.54) is 10.4 Å². The van der Waals surface area contributed by atoms with Gasteiger partial charge in [0.25, 0.3) is 0 Å². The van der Waals surface area contributed by atoms with Crippen molar-refractivity contribution in [1.82, 2.24) is 5.32 Å². The van der Waals surface area contributed by atoms with Crippen LogP contribution in [0, 0.1) is 0 Å². The third kappa shape index (κ3) is 2.81. The van der Waals surface area contributed by atoms with Crippen molar-refractivity contribution in [3.05, 3.63) is 20.8 Å². The Kier molecular flexibility index (Phi) is 3.83. The number of halogens is 1. The van der Waals surface area contributed by atoms with Crippen molar-refractivity contribution in [2.75, 3.05) is 18.6 Å². The lowest BCUT2D eigenvalue weighted by Crippen LogP contribution is -2.23. The second-order valence-electron chi connectivity index (χ2n) is 3.75. The van der Waals surface area contributed by atoms with Crippen LogP contribution >= 0.6 is 22.9 Å². The molecule has 2 unspecified atom stereocenters. The van der Waals surface area contributed by atoms with Gasteiger partial charge in [-0.2, -0.15) is 0 Å². The Morgan fingerprint density at radius 2 is 2.53 bits per heavy atom. The number of nitrogens with one attached hydrogen (secondary N) is 1. The number of hydrogen-bond donors (Lipinski definition) is 1. The molecule has 0 amide bonds. The van der Waals surface area contributed by atoms with Crippen LogP contribution in [-0.2, 0) is 17.2 Å². The van der Waals surface area contributed by atoms with Crippen LogP contribution in [0.5, 0.6) is 0 Å². The lowest BCUT2D eigenvalue weighted by atomic mass is 10.2. The minimum Gasteiger partial charge on any atom is -0.309 e. The van der Waals surface area contributed by atoms with Gasteiger partial charge in [-0.15, -0.1) is 11.3 Å². The van der Waals surface area contributed by atoms with Gasteiger partial charge in [0.05, 0.1) is 4.34 Å². The van der Waals surface area contributed by atoms with Crippen molar-refractivity contribution in [2.24, 2.45) is 0 Å². The Hall–Kier alpha value is 0.1000. The number of rotatable bonds is 4. The topological polar surface area (TPSA) is 29.1 Å². The summed E-state index contributed by atoms with van der Waals surface area (Å²) in [6.45, 7) is 0.820. The van der Waals surface area contributed by atoms with Crippen LogP contribution in [0.15, 0.2) is 6.07 Å². The lowest BCUT2D eigenvalue weighted by Gasteiger charge is -2.11. The van der Waals surface area contributed by atoms with Crippen LogP contribution in [0.25, 0.3) is 0 Å². The minimum atomic E-state index is -0.704. The summed E-state index contributed by atoms with van der Waals surface area (Å²) in [7, 11) is -0.704. The summed E-state index contributed by atoms with van der Waals surface area (Å²) >= 11 is 7.66. The van der Waals surface area contributed by atoms with E-state index in [4.69, 9.17) is 11.6 Å². The summed E-state index contributed by atoms with van der Waals surface area (Å²) < 4.78 is 11.8. The van der Waals surface area contributed by atoms with Crippen LogP contribution in [-0.4, -0.2) is 22.8 Å². The van der Waals surface area contributed by atoms with Crippen molar-refractivity contribution >= 4 is 33.7 Å². The van der Waals surface area contributed by atoms with Gasteiger partial charge in [0.2, 0.25) is 0 Å². The summed E-state index contributed by atoms with van der Waals surface area (Å²) in [6, 6.07) is 2.49. The van der Waals surface area contributed by atoms with Gasteiger partial charge < -0.3 is 5.32 Å². The largest absolute Gasteiger partial charge is 0.309 e. The molecular formula is C10H14ClNOS2. The lowest BCUT2D eigenvalue weighted by molar-refractivity contribution is 0.549. The Morgan fingerprint density at radius 1 is 1.73 bits per heavy atom. The highest BCUT2D eigenvalue weighted by atomic mass is 35.5. The second-order valence-corrected chi connectivity index (χ2v) is 7.07. The number of hydrogen-bond acceptors (Lipinski definition) is 3. The smallest absolute Gasteiger partial charge is 0.0934 e.